The summed E-state index contributed by atoms with van der Waals surface area (Å²) >= 11 is 11.3. The van der Waals surface area contributed by atoms with E-state index in [1.165, 1.54) is 5.56 Å². The average Bonchev–Trinajstić information content (AvgIpc) is 2.98. The van der Waals surface area contributed by atoms with Crippen molar-refractivity contribution in [1.82, 2.24) is 5.32 Å². The quantitative estimate of drug-likeness (QED) is 0.556. The Morgan fingerprint density at radius 2 is 1.91 bits per heavy atom. The van der Waals surface area contributed by atoms with E-state index in [9.17, 15) is 4.79 Å². The Balaban J connectivity index is 1.69. The van der Waals surface area contributed by atoms with Crippen molar-refractivity contribution in [3.8, 4) is 0 Å². The fourth-order valence-corrected chi connectivity index (χ4v) is 9.74. The predicted octanol–water partition coefficient (Wildman–Crippen LogP) is 5.03. The largest absolute Gasteiger partial charge is 0.355 e. The zero-order chi connectivity index (χ0) is 16.9. The molecule has 3 fully saturated rings. The molecular weight excluding hydrogens is 486 g/mol. The molecule has 23 heavy (non-hydrogen) atoms. The lowest BCUT2D eigenvalue weighted by molar-refractivity contribution is -0.161. The Bertz CT molecular complexity index is 604. The molecule has 3 aliphatic rings. The lowest BCUT2D eigenvalue weighted by atomic mass is 9.43. The van der Waals surface area contributed by atoms with Crippen molar-refractivity contribution in [2.75, 3.05) is 6.54 Å². The van der Waals surface area contributed by atoms with Gasteiger partial charge < -0.3 is 5.32 Å². The second kappa shape index (κ2) is 6.14. The van der Waals surface area contributed by atoms with Crippen LogP contribution in [0.1, 0.15) is 32.3 Å². The molecule has 126 valence electrons. The summed E-state index contributed by atoms with van der Waals surface area (Å²) in [6.45, 7) is 5.17. The minimum Gasteiger partial charge on any atom is -0.355 e. The Morgan fingerprint density at radius 3 is 2.43 bits per heavy atom. The summed E-state index contributed by atoms with van der Waals surface area (Å²) in [7, 11) is 0. The third-order valence-corrected chi connectivity index (χ3v) is 9.67. The van der Waals surface area contributed by atoms with Crippen molar-refractivity contribution in [2.45, 2.75) is 41.7 Å². The van der Waals surface area contributed by atoms with Crippen molar-refractivity contribution >= 4 is 53.7 Å². The molecule has 1 N–H and O–H groups in total. The maximum Gasteiger partial charge on any atom is 0.227 e. The molecular formula is C18H22Br3NO. The first-order valence-corrected chi connectivity index (χ1v) is 10.8. The lowest BCUT2D eigenvalue weighted by Crippen LogP contribution is -2.72. The number of rotatable bonds is 5. The van der Waals surface area contributed by atoms with Crippen LogP contribution in [0.5, 0.6) is 0 Å². The molecule has 1 amide bonds. The Morgan fingerprint density at radius 1 is 1.26 bits per heavy atom. The van der Waals surface area contributed by atoms with Crippen LogP contribution in [0.15, 0.2) is 30.3 Å². The van der Waals surface area contributed by atoms with Gasteiger partial charge in [0.15, 0.2) is 0 Å². The lowest BCUT2D eigenvalue weighted by Gasteiger charge is -2.66. The standard InChI is InChI=1S/C18H22Br3NO/c1-16(2)17(14(20)21)9-10-18(16,13(17)19)15(23)22-11-8-12-6-4-3-5-7-12/h3-7,13-14H,8-11H2,1-2H3,(H,22,23). The molecule has 3 atom stereocenters. The van der Waals surface area contributed by atoms with Crippen LogP contribution >= 0.6 is 47.8 Å². The van der Waals surface area contributed by atoms with Crippen LogP contribution in [-0.2, 0) is 11.2 Å². The topological polar surface area (TPSA) is 29.1 Å². The number of nitrogens with one attached hydrogen (secondary N) is 1. The summed E-state index contributed by atoms with van der Waals surface area (Å²) in [5.41, 5.74) is 1.01. The Kier molecular flexibility index (Phi) is 4.78. The number of carbonyl (C=O) groups is 1. The van der Waals surface area contributed by atoms with Crippen molar-refractivity contribution in [3.05, 3.63) is 35.9 Å². The Hall–Kier alpha value is 0.130. The summed E-state index contributed by atoms with van der Waals surface area (Å²) in [6, 6.07) is 10.3. The molecule has 4 rings (SSSR count). The predicted molar refractivity (Wildman–Crippen MR) is 105 cm³/mol. The molecule has 3 saturated carbocycles. The van der Waals surface area contributed by atoms with E-state index in [2.05, 4.69) is 79.1 Å². The van der Waals surface area contributed by atoms with Crippen LogP contribution in [-0.4, -0.2) is 21.0 Å². The van der Waals surface area contributed by atoms with Gasteiger partial charge in [0.1, 0.15) is 0 Å². The van der Waals surface area contributed by atoms with Gasteiger partial charge in [0.2, 0.25) is 5.91 Å². The van der Waals surface area contributed by atoms with E-state index in [1.54, 1.807) is 0 Å². The van der Waals surface area contributed by atoms with E-state index in [4.69, 9.17) is 0 Å². The minimum atomic E-state index is -0.302. The van der Waals surface area contributed by atoms with Gasteiger partial charge in [0.25, 0.3) is 0 Å². The van der Waals surface area contributed by atoms with Gasteiger partial charge in [-0.3, -0.25) is 4.79 Å². The molecule has 5 heteroatoms. The van der Waals surface area contributed by atoms with Crippen LogP contribution in [0.25, 0.3) is 0 Å². The summed E-state index contributed by atoms with van der Waals surface area (Å²) in [6.07, 6.45) is 2.88. The van der Waals surface area contributed by atoms with E-state index in [0.717, 1.165) is 19.3 Å². The number of carbonyl (C=O) groups excluding carboxylic acids is 1. The highest BCUT2D eigenvalue weighted by Gasteiger charge is 2.83. The number of benzene rings is 1. The number of fused-ring (bicyclic) bond motifs is 1. The molecule has 0 saturated heterocycles. The van der Waals surface area contributed by atoms with Crippen LogP contribution < -0.4 is 5.32 Å². The first kappa shape index (κ1) is 17.9. The molecule has 3 unspecified atom stereocenters. The molecule has 0 spiro atoms. The van der Waals surface area contributed by atoms with E-state index in [-0.39, 0.29) is 30.7 Å². The van der Waals surface area contributed by atoms with Gasteiger partial charge in [-0.05, 0) is 30.2 Å². The SMILES string of the molecule is CC1(C)C2(C(=O)NCCc3ccccc3)CCC1(C(Br)Br)C2Br. The molecule has 0 heterocycles. The fourth-order valence-electron chi connectivity index (χ4n) is 4.82. The number of hydrogen-bond acceptors (Lipinski definition) is 1. The van der Waals surface area contributed by atoms with Gasteiger partial charge in [0.05, 0.1) is 9.15 Å². The third kappa shape index (κ3) is 2.25. The summed E-state index contributed by atoms with van der Waals surface area (Å²) in [5, 5.41) is 3.19. The van der Waals surface area contributed by atoms with E-state index < -0.39 is 0 Å². The molecule has 0 aliphatic heterocycles. The highest BCUT2D eigenvalue weighted by molar-refractivity contribution is 9.24. The van der Waals surface area contributed by atoms with Crippen LogP contribution in [0.2, 0.25) is 0 Å². The summed E-state index contributed by atoms with van der Waals surface area (Å²) < 4.78 is 0.217. The molecule has 3 aliphatic carbocycles. The highest BCUT2D eigenvalue weighted by atomic mass is 79.9. The minimum absolute atomic E-state index is 0.0390. The van der Waals surface area contributed by atoms with Gasteiger partial charge in [-0.25, -0.2) is 0 Å². The van der Waals surface area contributed by atoms with Crippen LogP contribution in [0.3, 0.4) is 0 Å². The molecule has 0 aromatic heterocycles. The number of hydrogen-bond donors (Lipinski definition) is 1. The van der Waals surface area contributed by atoms with Crippen molar-refractivity contribution in [3.63, 3.8) is 0 Å². The van der Waals surface area contributed by atoms with Gasteiger partial charge in [-0.1, -0.05) is 92.0 Å². The van der Waals surface area contributed by atoms with Gasteiger partial charge in [-0.2, -0.15) is 0 Å². The van der Waals surface area contributed by atoms with E-state index in [0.29, 0.717) is 6.54 Å². The maximum absolute atomic E-state index is 13.0. The molecule has 0 radical (unpaired) electrons. The summed E-state index contributed by atoms with van der Waals surface area (Å²) in [5.74, 6) is 0.203. The van der Waals surface area contributed by atoms with Gasteiger partial charge in [0, 0.05) is 16.8 Å². The number of halogens is 3. The number of alkyl halides is 3. The summed E-state index contributed by atoms with van der Waals surface area (Å²) in [4.78, 5) is 13.2. The van der Waals surface area contributed by atoms with Crippen molar-refractivity contribution in [2.24, 2.45) is 16.2 Å². The molecule has 1 aromatic carbocycles. The average molecular weight is 508 g/mol. The van der Waals surface area contributed by atoms with E-state index >= 15 is 0 Å². The molecule has 2 nitrogen and oxygen atoms in total. The fraction of sp³-hybridized carbons (Fsp3) is 0.611. The molecule has 1 aromatic rings. The van der Waals surface area contributed by atoms with Crippen LogP contribution in [0.4, 0.5) is 0 Å². The van der Waals surface area contributed by atoms with Crippen molar-refractivity contribution in [1.29, 1.82) is 0 Å². The second-order valence-electron chi connectivity index (χ2n) is 7.29. The van der Waals surface area contributed by atoms with E-state index in [1.807, 2.05) is 18.2 Å². The van der Waals surface area contributed by atoms with Gasteiger partial charge in [-0.15, -0.1) is 0 Å². The van der Waals surface area contributed by atoms with Crippen molar-refractivity contribution < 1.29 is 4.79 Å². The monoisotopic (exact) mass is 505 g/mol. The zero-order valence-electron chi connectivity index (χ0n) is 13.4. The first-order chi connectivity index (χ1) is 10.8. The number of amides is 1. The zero-order valence-corrected chi connectivity index (χ0v) is 18.2. The maximum atomic E-state index is 13.0. The first-order valence-electron chi connectivity index (χ1n) is 8.05. The third-order valence-electron chi connectivity index (χ3n) is 6.43. The highest BCUT2D eigenvalue weighted by Crippen LogP contribution is 2.82. The Labute approximate surface area is 163 Å². The van der Waals surface area contributed by atoms with Gasteiger partial charge >= 0.3 is 0 Å². The second-order valence-corrected chi connectivity index (χ2v) is 11.3. The smallest absolute Gasteiger partial charge is 0.227 e. The van der Waals surface area contributed by atoms with Crippen LogP contribution in [0, 0.1) is 16.2 Å². The molecule has 2 bridgehead atoms. The normalized spacial score (nSPS) is 34.3.